The highest BCUT2D eigenvalue weighted by atomic mass is 32.2. The van der Waals surface area contributed by atoms with Crippen LogP contribution in [0.25, 0.3) is 0 Å². The fourth-order valence-corrected chi connectivity index (χ4v) is 5.15. The molecule has 1 aliphatic heterocycles. The fourth-order valence-electron chi connectivity index (χ4n) is 3.85. The topological polar surface area (TPSA) is 106 Å². The molecule has 10 heteroatoms. The summed E-state index contributed by atoms with van der Waals surface area (Å²) in [6.07, 6.45) is 0. The van der Waals surface area contributed by atoms with Crippen molar-refractivity contribution in [2.45, 2.75) is 25.7 Å². The lowest BCUT2D eigenvalue weighted by Crippen LogP contribution is -2.36. The molecule has 9 nitrogen and oxygen atoms in total. The highest BCUT2D eigenvalue weighted by Gasteiger charge is 2.19. The van der Waals surface area contributed by atoms with E-state index in [1.165, 1.54) is 7.11 Å². The van der Waals surface area contributed by atoms with Gasteiger partial charge in [-0.05, 0) is 56.2 Å². The maximum Gasteiger partial charge on any atom is 0.262 e. The van der Waals surface area contributed by atoms with Crippen LogP contribution < -0.4 is 19.7 Å². The molecule has 1 aliphatic rings. The molecule has 0 saturated carbocycles. The number of anilines is 4. The summed E-state index contributed by atoms with van der Waals surface area (Å²) < 4.78 is 39.3. The van der Waals surface area contributed by atoms with Crippen LogP contribution in [-0.4, -0.2) is 51.8 Å². The Kier molecular flexibility index (Phi) is 6.90. The minimum absolute atomic E-state index is 0.181. The lowest BCUT2D eigenvalue weighted by atomic mass is 10.1. The second-order valence-corrected chi connectivity index (χ2v) is 9.84. The molecule has 3 aromatic rings. The van der Waals surface area contributed by atoms with Crippen molar-refractivity contribution in [1.29, 1.82) is 0 Å². The minimum Gasteiger partial charge on any atom is -0.496 e. The molecule has 4 rings (SSSR count). The summed E-state index contributed by atoms with van der Waals surface area (Å²) in [7, 11) is -2.26. The van der Waals surface area contributed by atoms with Crippen LogP contribution in [0.2, 0.25) is 0 Å². The number of aryl methyl sites for hydroxylation is 3. The zero-order chi connectivity index (χ0) is 24.3. The molecule has 34 heavy (non-hydrogen) atoms. The van der Waals surface area contributed by atoms with Crippen LogP contribution in [0.4, 0.5) is 23.1 Å². The number of methoxy groups -OCH3 is 1. The van der Waals surface area contributed by atoms with Gasteiger partial charge in [-0.1, -0.05) is 6.07 Å². The van der Waals surface area contributed by atoms with Crippen molar-refractivity contribution in [1.82, 2.24) is 9.97 Å². The molecule has 0 spiro atoms. The first kappa shape index (κ1) is 23.8. The molecule has 180 valence electrons. The second-order valence-electron chi connectivity index (χ2n) is 8.19. The molecule has 0 radical (unpaired) electrons. The van der Waals surface area contributed by atoms with Gasteiger partial charge >= 0.3 is 0 Å². The zero-order valence-electron chi connectivity index (χ0n) is 19.8. The van der Waals surface area contributed by atoms with Crippen molar-refractivity contribution >= 4 is 33.2 Å². The van der Waals surface area contributed by atoms with E-state index in [0.29, 0.717) is 36.2 Å². The highest BCUT2D eigenvalue weighted by Crippen LogP contribution is 2.28. The first-order valence-electron chi connectivity index (χ1n) is 11.0. The van der Waals surface area contributed by atoms with Gasteiger partial charge in [-0.3, -0.25) is 4.72 Å². The van der Waals surface area contributed by atoms with Gasteiger partial charge in [-0.2, -0.15) is 4.98 Å². The number of rotatable bonds is 7. The second kappa shape index (κ2) is 9.86. The molecule has 1 aromatic heterocycles. The minimum atomic E-state index is -3.78. The molecule has 1 saturated heterocycles. The van der Waals surface area contributed by atoms with Gasteiger partial charge in [-0.25, -0.2) is 13.4 Å². The smallest absolute Gasteiger partial charge is 0.262 e. The first-order valence-corrected chi connectivity index (χ1v) is 12.5. The van der Waals surface area contributed by atoms with E-state index in [2.05, 4.69) is 24.9 Å². The van der Waals surface area contributed by atoms with Crippen molar-refractivity contribution in [3.63, 3.8) is 0 Å². The summed E-state index contributed by atoms with van der Waals surface area (Å²) >= 11 is 0. The van der Waals surface area contributed by atoms with E-state index in [9.17, 15) is 8.42 Å². The lowest BCUT2D eigenvalue weighted by Gasteiger charge is -2.28. The van der Waals surface area contributed by atoms with Gasteiger partial charge in [0.05, 0.1) is 25.2 Å². The van der Waals surface area contributed by atoms with E-state index in [-0.39, 0.29) is 4.90 Å². The van der Waals surface area contributed by atoms with E-state index < -0.39 is 10.0 Å². The van der Waals surface area contributed by atoms with Crippen LogP contribution in [-0.2, 0) is 14.8 Å². The molecular weight excluding hydrogens is 454 g/mol. The largest absolute Gasteiger partial charge is 0.496 e. The summed E-state index contributed by atoms with van der Waals surface area (Å²) in [5.41, 5.74) is 3.58. The fraction of sp³-hybridized carbons (Fsp3) is 0.333. The van der Waals surface area contributed by atoms with Crippen molar-refractivity contribution in [3.8, 4) is 5.75 Å². The number of hydrogen-bond donors (Lipinski definition) is 2. The standard InChI is InChI=1S/C24H29N5O4S/c1-16-13-17(2)22(15-21(16)32-4)34(30,31)28-20-7-5-19(6-8-20)26-24-25-18(3)14-23(27-24)29-9-11-33-12-10-29/h5-8,13-15,28H,9-12H2,1-4H3,(H,25,26,27). The van der Waals surface area contributed by atoms with Gasteiger partial charge in [-0.15, -0.1) is 0 Å². The number of benzene rings is 2. The van der Waals surface area contributed by atoms with Gasteiger partial charge < -0.3 is 19.7 Å². The molecule has 0 aliphatic carbocycles. The zero-order valence-corrected chi connectivity index (χ0v) is 20.6. The number of aromatic nitrogens is 2. The number of sulfonamides is 1. The predicted octanol–water partition coefficient (Wildman–Crippen LogP) is 3.79. The molecule has 1 fully saturated rings. The molecule has 2 aromatic carbocycles. The molecule has 0 atom stereocenters. The monoisotopic (exact) mass is 483 g/mol. The average molecular weight is 484 g/mol. The van der Waals surface area contributed by atoms with Crippen molar-refractivity contribution in [3.05, 3.63) is 59.3 Å². The Labute approximate surface area is 200 Å². The predicted molar refractivity (Wildman–Crippen MR) is 133 cm³/mol. The normalized spacial score (nSPS) is 14.1. The Balaban J connectivity index is 1.49. The maximum atomic E-state index is 13.0. The number of nitrogens with zero attached hydrogens (tertiary/aromatic N) is 3. The quantitative estimate of drug-likeness (QED) is 0.523. The van der Waals surface area contributed by atoms with Gasteiger partial charge in [0, 0.05) is 42.3 Å². The SMILES string of the molecule is COc1cc(S(=O)(=O)Nc2ccc(Nc3nc(C)cc(N4CCOCC4)n3)cc2)c(C)cc1C. The Morgan fingerprint density at radius 1 is 0.941 bits per heavy atom. The Morgan fingerprint density at radius 3 is 2.29 bits per heavy atom. The molecule has 0 bridgehead atoms. The van der Waals surface area contributed by atoms with Gasteiger partial charge in [0.2, 0.25) is 5.95 Å². The summed E-state index contributed by atoms with van der Waals surface area (Å²) in [5.74, 6) is 1.86. The number of hydrogen-bond acceptors (Lipinski definition) is 8. The molecule has 2 heterocycles. The average Bonchev–Trinajstić information content (AvgIpc) is 2.80. The molecule has 0 amide bonds. The van der Waals surface area contributed by atoms with Crippen molar-refractivity contribution in [2.75, 3.05) is 48.4 Å². The Morgan fingerprint density at radius 2 is 1.62 bits per heavy atom. The van der Waals surface area contributed by atoms with Crippen LogP contribution in [0, 0.1) is 20.8 Å². The van der Waals surface area contributed by atoms with E-state index in [0.717, 1.165) is 35.9 Å². The third kappa shape index (κ3) is 5.40. The summed E-state index contributed by atoms with van der Waals surface area (Å²) in [4.78, 5) is 11.5. The van der Waals surface area contributed by atoms with Gasteiger partial charge in [0.15, 0.2) is 0 Å². The Hall–Kier alpha value is -3.37. The maximum absolute atomic E-state index is 13.0. The van der Waals surface area contributed by atoms with E-state index in [1.54, 1.807) is 43.3 Å². The third-order valence-electron chi connectivity index (χ3n) is 5.55. The van der Waals surface area contributed by atoms with Crippen molar-refractivity contribution < 1.29 is 17.9 Å². The third-order valence-corrected chi connectivity index (χ3v) is 7.07. The Bertz CT molecular complexity index is 1270. The lowest BCUT2D eigenvalue weighted by molar-refractivity contribution is 0.122. The van der Waals surface area contributed by atoms with E-state index in [4.69, 9.17) is 9.47 Å². The molecule has 2 N–H and O–H groups in total. The number of nitrogens with one attached hydrogen (secondary N) is 2. The molecule has 0 unspecified atom stereocenters. The van der Waals surface area contributed by atoms with Gasteiger partial charge in [0.1, 0.15) is 11.6 Å². The number of morpholine rings is 1. The summed E-state index contributed by atoms with van der Waals surface area (Å²) in [5, 5.41) is 3.20. The first-order chi connectivity index (χ1) is 16.2. The van der Waals surface area contributed by atoms with Gasteiger partial charge in [0.25, 0.3) is 10.0 Å². The van der Waals surface area contributed by atoms with Crippen LogP contribution in [0.15, 0.2) is 47.4 Å². The van der Waals surface area contributed by atoms with Crippen LogP contribution in [0.1, 0.15) is 16.8 Å². The highest BCUT2D eigenvalue weighted by molar-refractivity contribution is 7.92. The van der Waals surface area contributed by atoms with E-state index >= 15 is 0 Å². The molecular formula is C24H29N5O4S. The number of ether oxygens (including phenoxy) is 2. The van der Waals surface area contributed by atoms with Crippen LogP contribution in [0.5, 0.6) is 5.75 Å². The summed E-state index contributed by atoms with van der Waals surface area (Å²) in [6, 6.07) is 12.2. The van der Waals surface area contributed by atoms with E-state index in [1.807, 2.05) is 19.9 Å². The van der Waals surface area contributed by atoms with Crippen LogP contribution >= 0.6 is 0 Å². The van der Waals surface area contributed by atoms with Crippen molar-refractivity contribution in [2.24, 2.45) is 0 Å². The summed E-state index contributed by atoms with van der Waals surface area (Å²) in [6.45, 7) is 8.51. The van der Waals surface area contributed by atoms with Crippen LogP contribution in [0.3, 0.4) is 0 Å².